The van der Waals surface area contributed by atoms with Gasteiger partial charge in [-0.05, 0) is 42.9 Å². The van der Waals surface area contributed by atoms with Crippen LogP contribution in [0.25, 0.3) is 0 Å². The molecule has 2 rings (SSSR count). The Labute approximate surface area is 127 Å². The maximum atomic E-state index is 12.9. The molecule has 1 saturated heterocycles. The second-order valence-electron chi connectivity index (χ2n) is 5.74. The number of nitrogens with zero attached hydrogens (tertiary/aromatic N) is 1. The average Bonchev–Trinajstić information content (AvgIpc) is 2.88. The fourth-order valence-electron chi connectivity index (χ4n) is 2.94. The normalized spacial score (nSPS) is 20.8. The zero-order valence-corrected chi connectivity index (χ0v) is 13.8. The molecule has 1 fully saturated rings. The van der Waals surface area contributed by atoms with Crippen LogP contribution in [0.2, 0.25) is 0 Å². The summed E-state index contributed by atoms with van der Waals surface area (Å²) in [6, 6.07) is 5.46. The number of rotatable bonds is 4. The maximum Gasteiger partial charge on any atom is 0.243 e. The molecule has 0 N–H and O–H groups in total. The summed E-state index contributed by atoms with van der Waals surface area (Å²) in [6.07, 6.45) is 1.89. The highest BCUT2D eigenvalue weighted by Crippen LogP contribution is 2.32. The van der Waals surface area contributed by atoms with Crippen molar-refractivity contribution < 1.29 is 8.42 Å². The molecule has 1 aliphatic rings. The van der Waals surface area contributed by atoms with Crippen LogP contribution < -0.4 is 0 Å². The van der Waals surface area contributed by atoms with Crippen LogP contribution in [0.3, 0.4) is 0 Å². The van der Waals surface area contributed by atoms with Crippen LogP contribution in [-0.2, 0) is 15.9 Å². The molecule has 0 amide bonds. The fraction of sp³-hybridized carbons (Fsp3) is 0.600. The van der Waals surface area contributed by atoms with E-state index in [1.165, 1.54) is 0 Å². The minimum absolute atomic E-state index is 0.110. The van der Waals surface area contributed by atoms with Gasteiger partial charge < -0.3 is 0 Å². The molecule has 3 nitrogen and oxygen atoms in total. The van der Waals surface area contributed by atoms with Crippen molar-refractivity contribution in [2.75, 3.05) is 6.54 Å². The van der Waals surface area contributed by atoms with Crippen LogP contribution in [-0.4, -0.2) is 25.3 Å². The number of halogens is 1. The van der Waals surface area contributed by atoms with Gasteiger partial charge in [0.25, 0.3) is 0 Å². The highest BCUT2D eigenvalue weighted by molar-refractivity contribution is 7.89. The van der Waals surface area contributed by atoms with Crippen LogP contribution in [0.4, 0.5) is 0 Å². The monoisotopic (exact) mass is 315 g/mol. The van der Waals surface area contributed by atoms with E-state index in [2.05, 4.69) is 13.8 Å². The summed E-state index contributed by atoms with van der Waals surface area (Å²) >= 11 is 5.88. The van der Waals surface area contributed by atoms with Crippen molar-refractivity contribution in [2.24, 2.45) is 5.92 Å². The first-order valence-electron chi connectivity index (χ1n) is 7.06. The van der Waals surface area contributed by atoms with Crippen LogP contribution in [0.5, 0.6) is 0 Å². The minimum atomic E-state index is -3.42. The van der Waals surface area contributed by atoms with Crippen molar-refractivity contribution >= 4 is 21.6 Å². The van der Waals surface area contributed by atoms with E-state index in [-0.39, 0.29) is 6.04 Å². The van der Waals surface area contributed by atoms with Gasteiger partial charge in [-0.25, -0.2) is 8.42 Å². The molecule has 1 aliphatic heterocycles. The molecule has 1 unspecified atom stereocenters. The van der Waals surface area contributed by atoms with E-state index < -0.39 is 10.0 Å². The van der Waals surface area contributed by atoms with E-state index in [0.29, 0.717) is 23.2 Å². The van der Waals surface area contributed by atoms with Crippen molar-refractivity contribution in [1.29, 1.82) is 0 Å². The predicted molar refractivity (Wildman–Crippen MR) is 82.5 cm³/mol. The van der Waals surface area contributed by atoms with Crippen molar-refractivity contribution in [1.82, 2.24) is 4.31 Å². The third-order valence-corrected chi connectivity index (χ3v) is 6.50. The Kier molecular flexibility index (Phi) is 4.77. The second-order valence-corrected chi connectivity index (χ2v) is 7.87. The molecule has 1 heterocycles. The van der Waals surface area contributed by atoms with E-state index in [1.54, 1.807) is 16.4 Å². The lowest BCUT2D eigenvalue weighted by atomic mass is 10.0. The lowest BCUT2D eigenvalue weighted by Gasteiger charge is -2.27. The number of sulfonamides is 1. The minimum Gasteiger partial charge on any atom is -0.207 e. The molecule has 0 aliphatic carbocycles. The summed E-state index contributed by atoms with van der Waals surface area (Å²) in [7, 11) is -3.42. The molecule has 20 heavy (non-hydrogen) atoms. The van der Waals surface area contributed by atoms with Gasteiger partial charge in [0, 0.05) is 18.5 Å². The first kappa shape index (κ1) is 15.8. The van der Waals surface area contributed by atoms with Crippen molar-refractivity contribution in [3.05, 3.63) is 29.3 Å². The molecule has 0 spiro atoms. The van der Waals surface area contributed by atoms with Crippen molar-refractivity contribution in [3.63, 3.8) is 0 Å². The zero-order chi connectivity index (χ0) is 14.9. The number of hydrogen-bond donors (Lipinski definition) is 0. The predicted octanol–water partition coefficient (Wildman–Crippen LogP) is 3.54. The number of alkyl halides is 1. The molecule has 1 aromatic carbocycles. The Morgan fingerprint density at radius 2 is 2.10 bits per heavy atom. The molecule has 1 aromatic rings. The van der Waals surface area contributed by atoms with Crippen LogP contribution >= 0.6 is 11.6 Å². The summed E-state index contributed by atoms with van der Waals surface area (Å²) in [4.78, 5) is 0.406. The Morgan fingerprint density at radius 1 is 1.40 bits per heavy atom. The Hall–Kier alpha value is -0.580. The lowest BCUT2D eigenvalue weighted by Crippen LogP contribution is -2.38. The van der Waals surface area contributed by atoms with Gasteiger partial charge in [0.15, 0.2) is 0 Å². The molecule has 5 heteroatoms. The summed E-state index contributed by atoms with van der Waals surface area (Å²) in [5.41, 5.74) is 1.66. The Bertz CT molecular complexity index is 584. The van der Waals surface area contributed by atoms with E-state index >= 15 is 0 Å². The van der Waals surface area contributed by atoms with Gasteiger partial charge in [-0.1, -0.05) is 26.0 Å². The van der Waals surface area contributed by atoms with Gasteiger partial charge in [0.1, 0.15) is 0 Å². The lowest BCUT2D eigenvalue weighted by molar-refractivity contribution is 0.315. The standard InChI is InChI=1S/C15H22ClNO2S/c1-11(2)14-7-5-9-17(14)20(18,19)15-8-4-6-13(10-16)12(15)3/h4,6,8,11,14H,5,7,9-10H2,1-3H3. The van der Waals surface area contributed by atoms with Crippen LogP contribution in [0, 0.1) is 12.8 Å². The molecule has 0 radical (unpaired) electrons. The Balaban J connectivity index is 2.45. The highest BCUT2D eigenvalue weighted by Gasteiger charge is 2.37. The van der Waals surface area contributed by atoms with E-state index in [4.69, 9.17) is 11.6 Å². The van der Waals surface area contributed by atoms with Gasteiger partial charge >= 0.3 is 0 Å². The Morgan fingerprint density at radius 3 is 2.70 bits per heavy atom. The topological polar surface area (TPSA) is 37.4 Å². The van der Waals surface area contributed by atoms with Gasteiger partial charge in [-0.15, -0.1) is 11.6 Å². The maximum absolute atomic E-state index is 12.9. The third kappa shape index (κ3) is 2.74. The zero-order valence-electron chi connectivity index (χ0n) is 12.3. The quantitative estimate of drug-likeness (QED) is 0.797. The smallest absolute Gasteiger partial charge is 0.207 e. The summed E-state index contributed by atoms with van der Waals surface area (Å²) in [5, 5.41) is 0. The van der Waals surface area contributed by atoms with E-state index in [0.717, 1.165) is 24.0 Å². The van der Waals surface area contributed by atoms with Crippen molar-refractivity contribution in [3.8, 4) is 0 Å². The van der Waals surface area contributed by atoms with Crippen molar-refractivity contribution in [2.45, 2.75) is 50.4 Å². The van der Waals surface area contributed by atoms with Crippen LogP contribution in [0.15, 0.2) is 23.1 Å². The summed E-state index contributed by atoms with van der Waals surface area (Å²) in [5.74, 6) is 0.673. The first-order valence-corrected chi connectivity index (χ1v) is 9.03. The summed E-state index contributed by atoms with van der Waals surface area (Å²) in [6.45, 7) is 6.63. The highest BCUT2D eigenvalue weighted by atomic mass is 35.5. The van der Waals surface area contributed by atoms with E-state index in [9.17, 15) is 8.42 Å². The van der Waals surface area contributed by atoms with Gasteiger partial charge in [-0.2, -0.15) is 4.31 Å². The molecule has 112 valence electrons. The number of benzene rings is 1. The first-order chi connectivity index (χ1) is 9.39. The molecular formula is C15H22ClNO2S. The molecule has 1 atom stereocenters. The molecule has 0 bridgehead atoms. The average molecular weight is 316 g/mol. The van der Waals surface area contributed by atoms with Gasteiger partial charge in [0.2, 0.25) is 10.0 Å². The molecule has 0 saturated carbocycles. The fourth-order valence-corrected chi connectivity index (χ4v) is 5.33. The molecule has 0 aromatic heterocycles. The van der Waals surface area contributed by atoms with Gasteiger partial charge in [-0.3, -0.25) is 0 Å². The summed E-state index contributed by atoms with van der Waals surface area (Å²) < 4.78 is 27.5. The second kappa shape index (κ2) is 6.04. The SMILES string of the molecule is Cc1c(CCl)cccc1S(=O)(=O)N1CCCC1C(C)C. The largest absolute Gasteiger partial charge is 0.243 e. The molecular weight excluding hydrogens is 294 g/mol. The van der Waals surface area contributed by atoms with E-state index in [1.807, 2.05) is 13.0 Å². The number of hydrogen-bond acceptors (Lipinski definition) is 2. The van der Waals surface area contributed by atoms with Gasteiger partial charge in [0.05, 0.1) is 4.90 Å². The third-order valence-electron chi connectivity index (χ3n) is 4.14. The van der Waals surface area contributed by atoms with Crippen LogP contribution in [0.1, 0.15) is 37.8 Å².